The number of nitriles is 1. The maximum absolute atomic E-state index is 9.32. The molecule has 3 aliphatic heterocycles. The summed E-state index contributed by atoms with van der Waals surface area (Å²) in [6.07, 6.45) is 2.20. The zero-order valence-electron chi connectivity index (χ0n) is 15.9. The fourth-order valence-corrected chi connectivity index (χ4v) is 5.31. The van der Waals surface area contributed by atoms with Gasteiger partial charge in [0.1, 0.15) is 0 Å². The lowest BCUT2D eigenvalue weighted by Gasteiger charge is -2.41. The van der Waals surface area contributed by atoms with Gasteiger partial charge in [-0.2, -0.15) is 5.26 Å². The first kappa shape index (κ1) is 16.6. The summed E-state index contributed by atoms with van der Waals surface area (Å²) < 4.78 is 0. The molecule has 0 N–H and O–H groups in total. The smallest absolute Gasteiger partial charge is 0.0994 e. The number of para-hydroxylation sites is 1. The maximum atomic E-state index is 9.32. The zero-order valence-corrected chi connectivity index (χ0v) is 15.9. The molecule has 0 radical (unpaired) electrons. The molecular weight excluding hydrogens is 332 g/mol. The van der Waals surface area contributed by atoms with Crippen molar-refractivity contribution >= 4 is 11.4 Å². The van der Waals surface area contributed by atoms with Crippen molar-refractivity contribution in [1.82, 2.24) is 4.90 Å². The van der Waals surface area contributed by atoms with Crippen LogP contribution in [0.2, 0.25) is 0 Å². The van der Waals surface area contributed by atoms with Crippen LogP contribution in [0, 0.1) is 11.3 Å². The minimum atomic E-state index is 0.617. The third-order valence-electron chi connectivity index (χ3n) is 6.72. The summed E-state index contributed by atoms with van der Waals surface area (Å²) in [5.74, 6) is 0.617. The molecule has 27 heavy (non-hydrogen) atoms. The van der Waals surface area contributed by atoms with Crippen LogP contribution in [-0.4, -0.2) is 50.7 Å². The number of fused-ring (bicyclic) bond motifs is 3. The molecule has 4 nitrogen and oxygen atoms in total. The molecule has 0 spiro atoms. The Labute approximate surface area is 161 Å². The van der Waals surface area contributed by atoms with E-state index >= 15 is 0 Å². The Hall–Kier alpha value is -2.51. The van der Waals surface area contributed by atoms with E-state index in [1.54, 1.807) is 5.56 Å². The number of hydrogen-bond donors (Lipinski definition) is 0. The van der Waals surface area contributed by atoms with Crippen molar-refractivity contribution in [2.24, 2.45) is 0 Å². The minimum Gasteiger partial charge on any atom is -0.371 e. The molecule has 0 bridgehead atoms. The molecule has 0 aliphatic carbocycles. The zero-order chi connectivity index (χ0) is 18.4. The predicted octanol–water partition coefficient (Wildman–Crippen LogP) is 3.23. The average molecular weight is 358 g/mol. The van der Waals surface area contributed by atoms with E-state index in [1.165, 1.54) is 23.4 Å². The summed E-state index contributed by atoms with van der Waals surface area (Å²) >= 11 is 0. The first-order valence-corrected chi connectivity index (χ1v) is 10.1. The van der Waals surface area contributed by atoms with Crippen molar-refractivity contribution in [2.75, 3.05) is 49.6 Å². The Bertz CT molecular complexity index is 899. The van der Waals surface area contributed by atoms with Crippen molar-refractivity contribution in [1.29, 1.82) is 5.26 Å². The average Bonchev–Trinajstić information content (AvgIpc) is 3.04. The molecule has 0 amide bonds. The van der Waals surface area contributed by atoms with Gasteiger partial charge in [0.15, 0.2) is 0 Å². The van der Waals surface area contributed by atoms with Crippen molar-refractivity contribution in [3.8, 4) is 6.07 Å². The highest BCUT2D eigenvalue weighted by atomic mass is 15.3. The highest BCUT2D eigenvalue weighted by Gasteiger charge is 2.44. The summed E-state index contributed by atoms with van der Waals surface area (Å²) in [4.78, 5) is 7.71. The topological polar surface area (TPSA) is 33.5 Å². The first-order valence-electron chi connectivity index (χ1n) is 10.1. The number of benzene rings is 2. The number of anilines is 2. The second-order valence-corrected chi connectivity index (χ2v) is 8.11. The van der Waals surface area contributed by atoms with Gasteiger partial charge in [-0.1, -0.05) is 30.3 Å². The van der Waals surface area contributed by atoms with E-state index in [2.05, 4.69) is 52.1 Å². The van der Waals surface area contributed by atoms with Crippen LogP contribution in [0.15, 0.2) is 42.5 Å². The summed E-state index contributed by atoms with van der Waals surface area (Å²) in [6, 6.07) is 17.9. The molecule has 0 aromatic heterocycles. The van der Waals surface area contributed by atoms with E-state index in [9.17, 15) is 5.26 Å². The van der Waals surface area contributed by atoms with Crippen LogP contribution >= 0.6 is 0 Å². The first-order chi connectivity index (χ1) is 13.3. The highest BCUT2D eigenvalue weighted by Crippen LogP contribution is 2.50. The molecule has 5 rings (SSSR count). The van der Waals surface area contributed by atoms with Crippen LogP contribution in [0.3, 0.4) is 0 Å². The van der Waals surface area contributed by atoms with Crippen LogP contribution in [-0.2, 0) is 6.42 Å². The lowest BCUT2D eigenvalue weighted by atomic mass is 9.88. The molecule has 2 unspecified atom stereocenters. The monoisotopic (exact) mass is 358 g/mol. The molecule has 2 aromatic rings. The van der Waals surface area contributed by atoms with Gasteiger partial charge in [0.2, 0.25) is 0 Å². The van der Waals surface area contributed by atoms with Crippen molar-refractivity contribution in [3.63, 3.8) is 0 Å². The van der Waals surface area contributed by atoms with E-state index in [4.69, 9.17) is 0 Å². The van der Waals surface area contributed by atoms with Gasteiger partial charge in [-0.05, 0) is 36.1 Å². The van der Waals surface area contributed by atoms with Gasteiger partial charge < -0.3 is 14.7 Å². The molecule has 138 valence electrons. The standard InChI is InChI=1S/C23H26N4/c1-25-13-14-27-21-10-12-26(11-9-17-5-2-3-6-18(17)15-24)16-20(21)19-7-4-8-22(25)23(19)27/h2-8,20-21H,9-14,16H2,1H3. The van der Waals surface area contributed by atoms with Crippen LogP contribution < -0.4 is 9.80 Å². The highest BCUT2D eigenvalue weighted by molar-refractivity contribution is 5.80. The third kappa shape index (κ3) is 2.69. The molecule has 2 aromatic carbocycles. The molecular formula is C23H26N4. The van der Waals surface area contributed by atoms with Gasteiger partial charge >= 0.3 is 0 Å². The third-order valence-corrected chi connectivity index (χ3v) is 6.72. The Kier molecular flexibility index (Phi) is 4.06. The predicted molar refractivity (Wildman–Crippen MR) is 110 cm³/mol. The van der Waals surface area contributed by atoms with E-state index in [0.717, 1.165) is 44.7 Å². The van der Waals surface area contributed by atoms with E-state index in [-0.39, 0.29) is 0 Å². The summed E-state index contributed by atoms with van der Waals surface area (Å²) in [5, 5.41) is 9.32. The molecule has 3 aliphatic rings. The van der Waals surface area contributed by atoms with Gasteiger partial charge in [-0.15, -0.1) is 0 Å². The number of nitrogens with zero attached hydrogens (tertiary/aromatic N) is 4. The van der Waals surface area contributed by atoms with Gasteiger partial charge in [0, 0.05) is 51.7 Å². The largest absolute Gasteiger partial charge is 0.371 e. The van der Waals surface area contributed by atoms with Crippen LogP contribution in [0.25, 0.3) is 0 Å². The number of rotatable bonds is 3. The number of likely N-dealkylation sites (tertiary alicyclic amines) is 1. The van der Waals surface area contributed by atoms with E-state index in [0.29, 0.717) is 12.0 Å². The molecule has 1 saturated heterocycles. The van der Waals surface area contributed by atoms with Crippen molar-refractivity contribution in [3.05, 3.63) is 59.2 Å². The second-order valence-electron chi connectivity index (χ2n) is 8.11. The Morgan fingerprint density at radius 1 is 1.07 bits per heavy atom. The second kappa shape index (κ2) is 6.58. The summed E-state index contributed by atoms with van der Waals surface area (Å²) in [6.45, 7) is 5.60. The maximum Gasteiger partial charge on any atom is 0.0994 e. The van der Waals surface area contributed by atoms with E-state index in [1.807, 2.05) is 18.2 Å². The normalized spacial score (nSPS) is 23.7. The number of likely N-dealkylation sites (N-methyl/N-ethyl adjacent to an activating group) is 1. The van der Waals surface area contributed by atoms with Gasteiger partial charge in [-0.3, -0.25) is 0 Å². The lowest BCUT2D eigenvalue weighted by Crippen LogP contribution is -2.49. The van der Waals surface area contributed by atoms with Gasteiger partial charge in [0.25, 0.3) is 0 Å². The van der Waals surface area contributed by atoms with Crippen molar-refractivity contribution < 1.29 is 0 Å². The number of hydrogen-bond acceptors (Lipinski definition) is 4. The molecule has 4 heteroatoms. The number of piperidine rings is 1. The lowest BCUT2D eigenvalue weighted by molar-refractivity contribution is 0.195. The fraction of sp³-hybridized carbons (Fsp3) is 0.435. The van der Waals surface area contributed by atoms with E-state index < -0.39 is 0 Å². The van der Waals surface area contributed by atoms with Gasteiger partial charge in [0.05, 0.1) is 23.0 Å². The minimum absolute atomic E-state index is 0.617. The molecule has 0 saturated carbocycles. The molecule has 3 heterocycles. The van der Waals surface area contributed by atoms with Crippen LogP contribution in [0.1, 0.15) is 29.0 Å². The SMILES string of the molecule is CN1CCN2c3c(cccc31)C1CN(CCc3ccccc3C#N)CCC12. The Morgan fingerprint density at radius 2 is 1.96 bits per heavy atom. The van der Waals surface area contributed by atoms with Gasteiger partial charge in [-0.25, -0.2) is 0 Å². The molecule has 2 atom stereocenters. The van der Waals surface area contributed by atoms with Crippen LogP contribution in [0.4, 0.5) is 11.4 Å². The fourth-order valence-electron chi connectivity index (χ4n) is 5.31. The van der Waals surface area contributed by atoms with Crippen molar-refractivity contribution in [2.45, 2.75) is 24.8 Å². The Morgan fingerprint density at radius 3 is 2.85 bits per heavy atom. The quantitative estimate of drug-likeness (QED) is 0.844. The molecule has 1 fully saturated rings. The Balaban J connectivity index is 1.35. The van der Waals surface area contributed by atoms with Crippen LogP contribution in [0.5, 0.6) is 0 Å². The summed E-state index contributed by atoms with van der Waals surface area (Å²) in [5.41, 5.74) is 6.45. The summed E-state index contributed by atoms with van der Waals surface area (Å²) in [7, 11) is 2.22.